The van der Waals surface area contributed by atoms with E-state index in [1.807, 2.05) is 42.5 Å². The highest BCUT2D eigenvalue weighted by atomic mass is 16.5. The Morgan fingerprint density at radius 1 is 1.04 bits per heavy atom. The van der Waals surface area contributed by atoms with Gasteiger partial charge in [-0.1, -0.05) is 54.6 Å². The van der Waals surface area contributed by atoms with Crippen molar-refractivity contribution in [1.82, 2.24) is 4.90 Å². The molecule has 1 fully saturated rings. The summed E-state index contributed by atoms with van der Waals surface area (Å²) in [7, 11) is 0. The zero-order valence-electron chi connectivity index (χ0n) is 14.1. The first-order valence-electron chi connectivity index (χ1n) is 8.44. The van der Waals surface area contributed by atoms with Crippen LogP contribution in [0.5, 0.6) is 0 Å². The maximum Gasteiger partial charge on any atom is 0.243 e. The Labute approximate surface area is 147 Å². The number of carbonyl (C=O) groups excluding carboxylic acids is 2. The smallest absolute Gasteiger partial charge is 0.243 e. The Morgan fingerprint density at radius 2 is 1.72 bits per heavy atom. The van der Waals surface area contributed by atoms with Gasteiger partial charge in [-0.05, 0) is 23.1 Å². The molecule has 1 atom stereocenters. The van der Waals surface area contributed by atoms with Gasteiger partial charge in [0, 0.05) is 13.1 Å². The van der Waals surface area contributed by atoms with Crippen LogP contribution in [-0.4, -0.2) is 42.5 Å². The molecule has 130 valence electrons. The van der Waals surface area contributed by atoms with E-state index in [1.54, 1.807) is 4.90 Å². The summed E-state index contributed by atoms with van der Waals surface area (Å²) in [6, 6.07) is 18.2. The van der Waals surface area contributed by atoms with Crippen molar-refractivity contribution in [2.45, 2.75) is 18.9 Å². The van der Waals surface area contributed by atoms with Gasteiger partial charge >= 0.3 is 0 Å². The number of nitrogens with two attached hydrogens (primary N) is 1. The van der Waals surface area contributed by atoms with E-state index in [0.29, 0.717) is 19.5 Å². The molecule has 0 unspecified atom stereocenters. The number of ether oxygens (including phenoxy) is 1. The van der Waals surface area contributed by atoms with Crippen molar-refractivity contribution in [3.05, 3.63) is 60.2 Å². The Morgan fingerprint density at radius 3 is 2.40 bits per heavy atom. The maximum atomic E-state index is 12.4. The normalized spacial score (nSPS) is 16.8. The number of likely N-dealkylation sites (tertiary alicyclic amines) is 1. The topological polar surface area (TPSA) is 72.6 Å². The molecular formula is C20H22N2O3. The van der Waals surface area contributed by atoms with E-state index >= 15 is 0 Å². The van der Waals surface area contributed by atoms with Crippen LogP contribution in [0.4, 0.5) is 0 Å². The van der Waals surface area contributed by atoms with Gasteiger partial charge in [0.2, 0.25) is 11.8 Å². The third-order valence-electron chi connectivity index (χ3n) is 4.38. The van der Waals surface area contributed by atoms with Crippen molar-refractivity contribution in [2.75, 3.05) is 19.7 Å². The molecule has 0 saturated carbocycles. The van der Waals surface area contributed by atoms with Crippen LogP contribution >= 0.6 is 0 Å². The number of primary amides is 1. The average molecular weight is 338 g/mol. The molecule has 2 aromatic carbocycles. The van der Waals surface area contributed by atoms with Crippen molar-refractivity contribution in [1.29, 1.82) is 0 Å². The number of hydrogen-bond acceptors (Lipinski definition) is 3. The molecule has 5 nitrogen and oxygen atoms in total. The average Bonchev–Trinajstić information content (AvgIpc) is 3.11. The highest BCUT2D eigenvalue weighted by Crippen LogP contribution is 2.20. The molecular weight excluding hydrogens is 316 g/mol. The van der Waals surface area contributed by atoms with Gasteiger partial charge in [-0.2, -0.15) is 0 Å². The number of amides is 2. The van der Waals surface area contributed by atoms with E-state index in [-0.39, 0.29) is 18.6 Å². The van der Waals surface area contributed by atoms with Crippen LogP contribution in [0.15, 0.2) is 54.6 Å². The number of hydrogen-bond donors (Lipinski definition) is 1. The molecule has 1 aliphatic rings. The highest BCUT2D eigenvalue weighted by molar-refractivity contribution is 5.79. The summed E-state index contributed by atoms with van der Waals surface area (Å²) in [6.45, 7) is 1.09. The van der Waals surface area contributed by atoms with Crippen molar-refractivity contribution in [3.63, 3.8) is 0 Å². The first-order valence-corrected chi connectivity index (χ1v) is 8.44. The highest BCUT2D eigenvalue weighted by Gasteiger charge is 2.26. The molecule has 0 spiro atoms. The zero-order chi connectivity index (χ0) is 17.6. The third kappa shape index (κ3) is 4.67. The lowest BCUT2D eigenvalue weighted by Crippen LogP contribution is -2.32. The molecule has 0 bridgehead atoms. The first-order chi connectivity index (χ1) is 12.1. The van der Waals surface area contributed by atoms with E-state index in [9.17, 15) is 9.59 Å². The van der Waals surface area contributed by atoms with Crippen molar-refractivity contribution in [2.24, 2.45) is 5.73 Å². The molecule has 0 aliphatic carbocycles. The molecule has 2 N–H and O–H groups in total. The second kappa shape index (κ2) is 7.94. The van der Waals surface area contributed by atoms with Crippen LogP contribution < -0.4 is 5.73 Å². The Bertz CT molecular complexity index is 728. The van der Waals surface area contributed by atoms with Gasteiger partial charge < -0.3 is 15.4 Å². The van der Waals surface area contributed by atoms with Gasteiger partial charge in [0.1, 0.15) is 6.61 Å². The lowest BCUT2D eigenvalue weighted by atomic mass is 10.0. The van der Waals surface area contributed by atoms with Crippen LogP contribution in [0, 0.1) is 0 Å². The van der Waals surface area contributed by atoms with Gasteiger partial charge in [-0.25, -0.2) is 0 Å². The summed E-state index contributed by atoms with van der Waals surface area (Å²) >= 11 is 0. The van der Waals surface area contributed by atoms with Crippen LogP contribution in [0.2, 0.25) is 0 Å². The molecule has 1 heterocycles. The molecule has 2 aromatic rings. The molecule has 1 aliphatic heterocycles. The fraction of sp³-hybridized carbons (Fsp3) is 0.300. The Balaban J connectivity index is 1.54. The summed E-state index contributed by atoms with van der Waals surface area (Å²) < 4.78 is 5.39. The van der Waals surface area contributed by atoms with Crippen LogP contribution in [-0.2, 0) is 20.7 Å². The zero-order valence-corrected chi connectivity index (χ0v) is 14.1. The van der Waals surface area contributed by atoms with Crippen LogP contribution in [0.1, 0.15) is 12.0 Å². The lowest BCUT2D eigenvalue weighted by molar-refractivity contribution is -0.130. The minimum atomic E-state index is -0.483. The Kier molecular flexibility index (Phi) is 5.46. The second-order valence-electron chi connectivity index (χ2n) is 6.27. The molecule has 25 heavy (non-hydrogen) atoms. The first kappa shape index (κ1) is 17.2. The summed E-state index contributed by atoms with van der Waals surface area (Å²) in [5.41, 5.74) is 8.37. The second-order valence-corrected chi connectivity index (χ2v) is 6.27. The molecule has 5 heteroatoms. The summed E-state index contributed by atoms with van der Waals surface area (Å²) in [5, 5.41) is 0. The SMILES string of the molecule is NC(=O)CO[C@@H]1CCN(C(=O)Cc2ccc(-c3ccccc3)cc2)C1. The van der Waals surface area contributed by atoms with E-state index in [0.717, 1.165) is 23.1 Å². The maximum absolute atomic E-state index is 12.4. The molecule has 1 saturated heterocycles. The largest absolute Gasteiger partial charge is 0.368 e. The minimum Gasteiger partial charge on any atom is -0.368 e. The minimum absolute atomic E-state index is 0.0811. The molecule has 0 radical (unpaired) electrons. The molecule has 3 rings (SSSR count). The van der Waals surface area contributed by atoms with E-state index in [1.165, 1.54) is 0 Å². The molecule has 2 amide bonds. The predicted octanol–water partition coefficient (Wildman–Crippen LogP) is 2.00. The molecule has 0 aromatic heterocycles. The van der Waals surface area contributed by atoms with E-state index in [2.05, 4.69) is 12.1 Å². The standard InChI is InChI=1S/C20H22N2O3/c21-19(23)14-25-18-10-11-22(13-18)20(24)12-15-6-8-17(9-7-15)16-4-2-1-3-5-16/h1-9,18H,10-14H2,(H2,21,23)/t18-/m1/s1. The monoisotopic (exact) mass is 338 g/mol. The van der Waals surface area contributed by atoms with Crippen LogP contribution in [0.25, 0.3) is 11.1 Å². The number of nitrogens with zero attached hydrogens (tertiary/aromatic N) is 1. The van der Waals surface area contributed by atoms with Crippen molar-refractivity contribution >= 4 is 11.8 Å². The van der Waals surface area contributed by atoms with Crippen LogP contribution in [0.3, 0.4) is 0 Å². The quantitative estimate of drug-likeness (QED) is 0.875. The van der Waals surface area contributed by atoms with Gasteiger partial charge in [0.15, 0.2) is 0 Å². The summed E-state index contributed by atoms with van der Waals surface area (Å²) in [6.07, 6.45) is 1.01. The van der Waals surface area contributed by atoms with Gasteiger partial charge in [0.05, 0.1) is 12.5 Å². The van der Waals surface area contributed by atoms with E-state index in [4.69, 9.17) is 10.5 Å². The number of carbonyl (C=O) groups is 2. The van der Waals surface area contributed by atoms with Gasteiger partial charge in [-0.15, -0.1) is 0 Å². The third-order valence-corrected chi connectivity index (χ3v) is 4.38. The predicted molar refractivity (Wildman–Crippen MR) is 95.7 cm³/mol. The number of benzene rings is 2. The lowest BCUT2D eigenvalue weighted by Gasteiger charge is -2.16. The van der Waals surface area contributed by atoms with E-state index < -0.39 is 5.91 Å². The van der Waals surface area contributed by atoms with Crippen molar-refractivity contribution < 1.29 is 14.3 Å². The van der Waals surface area contributed by atoms with Gasteiger partial charge in [0.25, 0.3) is 0 Å². The van der Waals surface area contributed by atoms with Crippen molar-refractivity contribution in [3.8, 4) is 11.1 Å². The fourth-order valence-corrected chi connectivity index (χ4v) is 3.02. The number of rotatable bonds is 6. The fourth-order valence-electron chi connectivity index (χ4n) is 3.02. The summed E-state index contributed by atoms with van der Waals surface area (Å²) in [4.78, 5) is 25.0. The Hall–Kier alpha value is -2.66. The summed E-state index contributed by atoms with van der Waals surface area (Å²) in [5.74, 6) is -0.402. The van der Waals surface area contributed by atoms with Gasteiger partial charge in [-0.3, -0.25) is 9.59 Å².